The van der Waals surface area contributed by atoms with Crippen LogP contribution in [-0.2, 0) is 9.53 Å². The van der Waals surface area contributed by atoms with E-state index in [1.54, 1.807) is 0 Å². The summed E-state index contributed by atoms with van der Waals surface area (Å²) in [4.78, 5) is 11.2. The molecule has 70 valence electrons. The van der Waals surface area contributed by atoms with Crippen molar-refractivity contribution in [3.05, 3.63) is 0 Å². The van der Waals surface area contributed by atoms with Crippen molar-refractivity contribution in [1.29, 1.82) is 0 Å². The van der Waals surface area contributed by atoms with Crippen LogP contribution in [0.4, 0.5) is 0 Å². The minimum atomic E-state index is -0.0310. The molecule has 0 atom stereocenters. The van der Waals surface area contributed by atoms with Crippen LogP contribution in [0.25, 0.3) is 0 Å². The number of rotatable bonds is 3. The summed E-state index contributed by atoms with van der Waals surface area (Å²) in [6, 6.07) is 0.523. The predicted molar refractivity (Wildman–Crippen MR) is 46.8 cm³/mol. The largest absolute Gasteiger partial charge is 0.463 e. The molecule has 0 heterocycles. The van der Waals surface area contributed by atoms with Crippen LogP contribution in [-0.4, -0.2) is 25.2 Å². The number of carbonyl (C=O) groups is 1. The fourth-order valence-electron chi connectivity index (χ4n) is 1.37. The monoisotopic (exact) mass is 171 g/mol. The van der Waals surface area contributed by atoms with E-state index in [1.807, 2.05) is 20.9 Å². The van der Waals surface area contributed by atoms with Crippen LogP contribution < -0.4 is 5.32 Å². The van der Waals surface area contributed by atoms with Gasteiger partial charge in [-0.15, -0.1) is 0 Å². The van der Waals surface area contributed by atoms with Gasteiger partial charge in [-0.3, -0.25) is 4.79 Å². The van der Waals surface area contributed by atoms with E-state index in [4.69, 9.17) is 4.74 Å². The molecule has 0 aliphatic heterocycles. The maximum atomic E-state index is 11.2. The summed E-state index contributed by atoms with van der Waals surface area (Å²) in [5.74, 6) is 0.112. The average molecular weight is 171 g/mol. The summed E-state index contributed by atoms with van der Waals surface area (Å²) >= 11 is 0. The van der Waals surface area contributed by atoms with Crippen molar-refractivity contribution in [2.24, 2.45) is 5.92 Å². The highest BCUT2D eigenvalue weighted by Gasteiger charge is 2.34. The van der Waals surface area contributed by atoms with Crippen molar-refractivity contribution in [2.45, 2.75) is 38.8 Å². The molecule has 1 rings (SSSR count). The number of carbonyl (C=O) groups excluding carboxylic acids is 1. The Morgan fingerprint density at radius 3 is 2.50 bits per heavy atom. The first-order valence-corrected chi connectivity index (χ1v) is 4.51. The van der Waals surface area contributed by atoms with E-state index < -0.39 is 0 Å². The van der Waals surface area contributed by atoms with Gasteiger partial charge in [0, 0.05) is 6.04 Å². The van der Waals surface area contributed by atoms with Gasteiger partial charge in [0.15, 0.2) is 0 Å². The lowest BCUT2D eigenvalue weighted by Crippen LogP contribution is -2.43. The first-order chi connectivity index (χ1) is 5.63. The van der Waals surface area contributed by atoms with Crippen LogP contribution in [0.3, 0.4) is 0 Å². The molecule has 0 radical (unpaired) electrons. The highest BCUT2D eigenvalue weighted by Crippen LogP contribution is 2.28. The quantitative estimate of drug-likeness (QED) is 0.642. The second-order valence-electron chi connectivity index (χ2n) is 3.64. The number of hydrogen-bond acceptors (Lipinski definition) is 3. The van der Waals surface area contributed by atoms with Crippen molar-refractivity contribution >= 4 is 5.97 Å². The summed E-state index contributed by atoms with van der Waals surface area (Å²) in [5, 5.41) is 3.13. The molecule has 1 fully saturated rings. The van der Waals surface area contributed by atoms with E-state index in [0.29, 0.717) is 6.04 Å². The van der Waals surface area contributed by atoms with Crippen molar-refractivity contribution in [3.63, 3.8) is 0 Å². The normalized spacial score (nSPS) is 28.3. The van der Waals surface area contributed by atoms with Gasteiger partial charge >= 0.3 is 5.97 Å². The molecule has 0 bridgehead atoms. The van der Waals surface area contributed by atoms with E-state index in [1.165, 1.54) is 0 Å². The van der Waals surface area contributed by atoms with Crippen molar-refractivity contribution in [1.82, 2.24) is 5.32 Å². The van der Waals surface area contributed by atoms with Crippen molar-refractivity contribution in [3.8, 4) is 0 Å². The Morgan fingerprint density at radius 1 is 1.50 bits per heavy atom. The molecule has 0 aromatic heterocycles. The summed E-state index contributed by atoms with van der Waals surface area (Å²) < 4.78 is 5.08. The van der Waals surface area contributed by atoms with E-state index >= 15 is 0 Å². The zero-order chi connectivity index (χ0) is 9.14. The van der Waals surface area contributed by atoms with Gasteiger partial charge in [0.1, 0.15) is 0 Å². The van der Waals surface area contributed by atoms with Gasteiger partial charge in [0.2, 0.25) is 0 Å². The minimum absolute atomic E-state index is 0.0196. The standard InChI is InChI=1S/C9H17NO2/c1-6(2)12-9(11)7-4-8(5-7)10-3/h6-8,10H,4-5H2,1-3H3/t7-,8+. The van der Waals surface area contributed by atoms with Gasteiger partial charge in [0.05, 0.1) is 12.0 Å². The fourth-order valence-corrected chi connectivity index (χ4v) is 1.37. The maximum Gasteiger partial charge on any atom is 0.309 e. The molecule has 1 aliphatic carbocycles. The van der Waals surface area contributed by atoms with Gasteiger partial charge < -0.3 is 10.1 Å². The average Bonchev–Trinajstić information content (AvgIpc) is 1.82. The first-order valence-electron chi connectivity index (χ1n) is 4.51. The molecule has 3 heteroatoms. The molecule has 1 N–H and O–H groups in total. The van der Waals surface area contributed by atoms with Gasteiger partial charge in [-0.1, -0.05) is 0 Å². The lowest BCUT2D eigenvalue weighted by Gasteiger charge is -2.33. The summed E-state index contributed by atoms with van der Waals surface area (Å²) in [5.41, 5.74) is 0. The SMILES string of the molecule is CN[C@H]1C[C@@H](C(=O)OC(C)C)C1. The molecule has 0 saturated heterocycles. The second-order valence-corrected chi connectivity index (χ2v) is 3.64. The molecule has 0 aromatic rings. The molecule has 1 aliphatic rings. The molecule has 0 unspecified atom stereocenters. The highest BCUT2D eigenvalue weighted by atomic mass is 16.5. The number of hydrogen-bond donors (Lipinski definition) is 1. The van der Waals surface area contributed by atoms with Gasteiger partial charge in [0.25, 0.3) is 0 Å². The lowest BCUT2D eigenvalue weighted by molar-refractivity contribution is -0.156. The third-order valence-electron chi connectivity index (χ3n) is 2.23. The van der Waals surface area contributed by atoms with Gasteiger partial charge in [-0.25, -0.2) is 0 Å². The molecule has 3 nitrogen and oxygen atoms in total. The Balaban J connectivity index is 2.19. The smallest absolute Gasteiger partial charge is 0.309 e. The number of esters is 1. The van der Waals surface area contributed by atoms with E-state index in [-0.39, 0.29) is 18.0 Å². The van der Waals surface area contributed by atoms with Crippen LogP contribution >= 0.6 is 0 Å². The molecule has 0 amide bonds. The van der Waals surface area contributed by atoms with E-state index in [0.717, 1.165) is 12.8 Å². The zero-order valence-electron chi connectivity index (χ0n) is 7.96. The summed E-state index contributed by atoms with van der Waals surface area (Å²) in [6.45, 7) is 3.76. The Labute approximate surface area is 73.5 Å². The highest BCUT2D eigenvalue weighted by molar-refractivity contribution is 5.73. The molecule has 12 heavy (non-hydrogen) atoms. The third kappa shape index (κ3) is 2.21. The van der Waals surface area contributed by atoms with Crippen LogP contribution in [0, 0.1) is 5.92 Å². The van der Waals surface area contributed by atoms with Crippen LogP contribution in [0.5, 0.6) is 0 Å². The summed E-state index contributed by atoms with van der Waals surface area (Å²) in [6.07, 6.45) is 1.88. The molecular formula is C9H17NO2. The predicted octanol–water partition coefficient (Wildman–Crippen LogP) is 0.936. The minimum Gasteiger partial charge on any atom is -0.463 e. The van der Waals surface area contributed by atoms with E-state index in [9.17, 15) is 4.79 Å². The fraction of sp³-hybridized carbons (Fsp3) is 0.889. The molecule has 1 saturated carbocycles. The van der Waals surface area contributed by atoms with Crippen LogP contribution in [0.15, 0.2) is 0 Å². The molecular weight excluding hydrogens is 154 g/mol. The number of ether oxygens (including phenoxy) is 1. The zero-order valence-corrected chi connectivity index (χ0v) is 7.96. The van der Waals surface area contributed by atoms with Crippen LogP contribution in [0.2, 0.25) is 0 Å². The van der Waals surface area contributed by atoms with Gasteiger partial charge in [-0.05, 0) is 33.7 Å². The van der Waals surface area contributed by atoms with E-state index in [2.05, 4.69) is 5.32 Å². The summed E-state index contributed by atoms with van der Waals surface area (Å²) in [7, 11) is 1.93. The maximum absolute atomic E-state index is 11.2. The second kappa shape index (κ2) is 3.90. The Hall–Kier alpha value is -0.570. The third-order valence-corrected chi connectivity index (χ3v) is 2.23. The van der Waals surface area contributed by atoms with Crippen molar-refractivity contribution in [2.75, 3.05) is 7.05 Å². The van der Waals surface area contributed by atoms with Gasteiger partial charge in [-0.2, -0.15) is 0 Å². The Bertz CT molecular complexity index is 162. The Morgan fingerprint density at radius 2 is 2.08 bits per heavy atom. The first kappa shape index (κ1) is 9.52. The van der Waals surface area contributed by atoms with Crippen molar-refractivity contribution < 1.29 is 9.53 Å². The number of nitrogens with one attached hydrogen (secondary N) is 1. The Kier molecular flexibility index (Phi) is 3.09. The topological polar surface area (TPSA) is 38.3 Å². The van der Waals surface area contributed by atoms with Crippen LogP contribution in [0.1, 0.15) is 26.7 Å². The lowest BCUT2D eigenvalue weighted by atomic mass is 9.80. The molecule has 0 spiro atoms. The molecule has 0 aromatic carbocycles.